The fourth-order valence-electron chi connectivity index (χ4n) is 1.34. The smallest absolute Gasteiger partial charge is 0.0560 e. The molecule has 0 spiro atoms. The van der Waals surface area contributed by atoms with Crippen molar-refractivity contribution >= 4 is 5.69 Å². The average molecular weight is 193 g/mol. The third-order valence-electron chi connectivity index (χ3n) is 2.30. The van der Waals surface area contributed by atoms with Gasteiger partial charge in [0.15, 0.2) is 0 Å². The van der Waals surface area contributed by atoms with E-state index in [2.05, 4.69) is 29.9 Å². The second-order valence-electron chi connectivity index (χ2n) is 3.48. The minimum Gasteiger partial charge on any atom is -0.375 e. The summed E-state index contributed by atoms with van der Waals surface area (Å²) in [5, 5.41) is 0. The van der Waals surface area contributed by atoms with Crippen LogP contribution < -0.4 is 10.6 Å². The van der Waals surface area contributed by atoms with E-state index in [9.17, 15) is 0 Å². The van der Waals surface area contributed by atoms with E-state index >= 15 is 0 Å². The summed E-state index contributed by atoms with van der Waals surface area (Å²) in [5.41, 5.74) is 7.69. The van der Waals surface area contributed by atoms with Gasteiger partial charge in [-0.15, -0.1) is 0 Å². The monoisotopic (exact) mass is 193 g/mol. The number of hydrogen-bond donors (Lipinski definition) is 1. The highest BCUT2D eigenvalue weighted by Gasteiger charge is 2.00. The van der Waals surface area contributed by atoms with E-state index in [4.69, 9.17) is 5.73 Å². The van der Waals surface area contributed by atoms with E-state index in [1.165, 1.54) is 18.5 Å². The lowest BCUT2D eigenvalue weighted by Gasteiger charge is -2.19. The van der Waals surface area contributed by atoms with Crippen LogP contribution in [-0.2, 0) is 6.54 Å². The Balaban J connectivity index is 2.64. The van der Waals surface area contributed by atoms with Crippen molar-refractivity contribution in [2.75, 3.05) is 18.5 Å². The van der Waals surface area contributed by atoms with Crippen LogP contribution in [0.15, 0.2) is 18.3 Å². The maximum atomic E-state index is 5.54. The Morgan fingerprint density at radius 3 is 2.93 bits per heavy atom. The number of rotatable bonds is 5. The second kappa shape index (κ2) is 5.60. The minimum atomic E-state index is 0.509. The first-order chi connectivity index (χ1) is 6.77. The van der Waals surface area contributed by atoms with Crippen molar-refractivity contribution in [1.29, 1.82) is 0 Å². The maximum absolute atomic E-state index is 5.54. The summed E-state index contributed by atoms with van der Waals surface area (Å²) < 4.78 is 0. The van der Waals surface area contributed by atoms with Gasteiger partial charge in [-0.1, -0.05) is 13.3 Å². The fraction of sp³-hybridized carbons (Fsp3) is 0.545. The topological polar surface area (TPSA) is 42.2 Å². The van der Waals surface area contributed by atoms with Crippen molar-refractivity contribution in [1.82, 2.24) is 4.98 Å². The molecule has 3 nitrogen and oxygen atoms in total. The average Bonchev–Trinajstić information content (AvgIpc) is 2.26. The number of hydrogen-bond acceptors (Lipinski definition) is 3. The van der Waals surface area contributed by atoms with E-state index in [0.717, 1.165) is 12.2 Å². The highest BCUT2D eigenvalue weighted by Crippen LogP contribution is 2.13. The molecule has 1 heterocycles. The Morgan fingerprint density at radius 2 is 2.29 bits per heavy atom. The molecule has 0 bridgehead atoms. The standard InChI is InChI=1S/C11H19N3/c1-3-4-7-14(2)11-5-6-13-10(8-11)9-12/h5-6,8H,3-4,7,9,12H2,1-2H3. The maximum Gasteiger partial charge on any atom is 0.0560 e. The lowest BCUT2D eigenvalue weighted by molar-refractivity contribution is 0.765. The molecule has 1 aromatic heterocycles. The molecule has 14 heavy (non-hydrogen) atoms. The number of nitrogens with two attached hydrogens (primary N) is 1. The predicted octanol–water partition coefficient (Wildman–Crippen LogP) is 1.78. The molecule has 0 aliphatic rings. The summed E-state index contributed by atoms with van der Waals surface area (Å²) in [5.74, 6) is 0. The highest BCUT2D eigenvalue weighted by molar-refractivity contribution is 5.45. The third-order valence-corrected chi connectivity index (χ3v) is 2.30. The molecule has 0 saturated heterocycles. The summed E-state index contributed by atoms with van der Waals surface area (Å²) in [6, 6.07) is 4.07. The molecule has 0 atom stereocenters. The first-order valence-corrected chi connectivity index (χ1v) is 5.14. The molecule has 0 aliphatic heterocycles. The van der Waals surface area contributed by atoms with Gasteiger partial charge in [0.25, 0.3) is 0 Å². The van der Waals surface area contributed by atoms with Crippen molar-refractivity contribution < 1.29 is 0 Å². The van der Waals surface area contributed by atoms with Gasteiger partial charge in [0, 0.05) is 32.0 Å². The predicted molar refractivity (Wildman–Crippen MR) is 60.3 cm³/mol. The normalized spacial score (nSPS) is 10.2. The molecule has 0 amide bonds. The molecular weight excluding hydrogens is 174 g/mol. The SMILES string of the molecule is CCCCN(C)c1ccnc(CN)c1. The van der Waals surface area contributed by atoms with E-state index in [0.29, 0.717) is 6.54 Å². The van der Waals surface area contributed by atoms with Gasteiger partial charge >= 0.3 is 0 Å². The number of anilines is 1. The van der Waals surface area contributed by atoms with Crippen LogP contribution in [0, 0.1) is 0 Å². The second-order valence-corrected chi connectivity index (χ2v) is 3.48. The summed E-state index contributed by atoms with van der Waals surface area (Å²) >= 11 is 0. The number of nitrogens with zero attached hydrogens (tertiary/aromatic N) is 2. The van der Waals surface area contributed by atoms with Crippen molar-refractivity contribution in [3.63, 3.8) is 0 Å². The van der Waals surface area contributed by atoms with Crippen LogP contribution in [0.4, 0.5) is 5.69 Å². The van der Waals surface area contributed by atoms with Gasteiger partial charge in [0.1, 0.15) is 0 Å². The summed E-state index contributed by atoms with van der Waals surface area (Å²) in [7, 11) is 2.10. The first-order valence-electron chi connectivity index (χ1n) is 5.14. The molecule has 0 unspecified atom stereocenters. The lowest BCUT2D eigenvalue weighted by Crippen LogP contribution is -2.18. The van der Waals surface area contributed by atoms with Gasteiger partial charge < -0.3 is 10.6 Å². The van der Waals surface area contributed by atoms with Gasteiger partial charge in [-0.05, 0) is 18.6 Å². The minimum absolute atomic E-state index is 0.509. The summed E-state index contributed by atoms with van der Waals surface area (Å²) in [6.45, 7) is 3.80. The summed E-state index contributed by atoms with van der Waals surface area (Å²) in [4.78, 5) is 6.41. The van der Waals surface area contributed by atoms with Gasteiger partial charge in [-0.2, -0.15) is 0 Å². The Morgan fingerprint density at radius 1 is 1.50 bits per heavy atom. The molecule has 0 saturated carbocycles. The molecular formula is C11H19N3. The van der Waals surface area contributed by atoms with Crippen molar-refractivity contribution in [2.45, 2.75) is 26.3 Å². The van der Waals surface area contributed by atoms with E-state index in [1.54, 1.807) is 0 Å². The van der Waals surface area contributed by atoms with Crippen LogP contribution in [0.5, 0.6) is 0 Å². The first kappa shape index (κ1) is 11.0. The van der Waals surface area contributed by atoms with Gasteiger partial charge in [0.05, 0.1) is 5.69 Å². The molecule has 0 aliphatic carbocycles. The zero-order valence-electron chi connectivity index (χ0n) is 9.03. The number of pyridine rings is 1. The third kappa shape index (κ3) is 3.00. The lowest BCUT2D eigenvalue weighted by atomic mass is 10.2. The molecule has 3 heteroatoms. The molecule has 78 valence electrons. The van der Waals surface area contributed by atoms with Crippen LogP contribution >= 0.6 is 0 Å². The number of aromatic nitrogens is 1. The van der Waals surface area contributed by atoms with Gasteiger partial charge in [-0.25, -0.2) is 0 Å². The number of unbranched alkanes of at least 4 members (excludes halogenated alkanes) is 1. The fourth-order valence-corrected chi connectivity index (χ4v) is 1.34. The van der Waals surface area contributed by atoms with Crippen molar-refractivity contribution in [2.24, 2.45) is 5.73 Å². The zero-order chi connectivity index (χ0) is 10.4. The van der Waals surface area contributed by atoms with E-state index in [1.807, 2.05) is 12.3 Å². The Labute approximate surface area is 85.9 Å². The van der Waals surface area contributed by atoms with Crippen LogP contribution in [0.2, 0.25) is 0 Å². The molecule has 2 N–H and O–H groups in total. The zero-order valence-corrected chi connectivity index (χ0v) is 9.03. The van der Waals surface area contributed by atoms with Crippen LogP contribution in [0.3, 0.4) is 0 Å². The molecule has 1 aromatic rings. The Kier molecular flexibility index (Phi) is 4.40. The quantitative estimate of drug-likeness (QED) is 0.775. The van der Waals surface area contributed by atoms with Crippen LogP contribution in [-0.4, -0.2) is 18.6 Å². The molecule has 1 rings (SSSR count). The molecule has 0 radical (unpaired) electrons. The van der Waals surface area contributed by atoms with Crippen molar-refractivity contribution in [3.05, 3.63) is 24.0 Å². The highest BCUT2D eigenvalue weighted by atomic mass is 15.1. The Bertz CT molecular complexity index is 273. The van der Waals surface area contributed by atoms with Gasteiger partial charge in [-0.3, -0.25) is 4.98 Å². The van der Waals surface area contributed by atoms with E-state index < -0.39 is 0 Å². The largest absolute Gasteiger partial charge is 0.375 e. The van der Waals surface area contributed by atoms with Gasteiger partial charge in [0.2, 0.25) is 0 Å². The molecule has 0 fully saturated rings. The molecule has 0 aromatic carbocycles. The summed E-state index contributed by atoms with van der Waals surface area (Å²) in [6.07, 6.45) is 4.26. The Hall–Kier alpha value is -1.09. The van der Waals surface area contributed by atoms with Crippen LogP contribution in [0.1, 0.15) is 25.5 Å². The van der Waals surface area contributed by atoms with E-state index in [-0.39, 0.29) is 0 Å². The van der Waals surface area contributed by atoms with Crippen molar-refractivity contribution in [3.8, 4) is 0 Å². The van der Waals surface area contributed by atoms with Crippen LogP contribution in [0.25, 0.3) is 0 Å².